The summed E-state index contributed by atoms with van der Waals surface area (Å²) in [5.41, 5.74) is 36.9. The maximum Gasteiger partial charge on any atom is 0.495 e. The molecule has 3 aromatic rings. The van der Waals surface area contributed by atoms with Gasteiger partial charge in [-0.3, -0.25) is 0 Å². The van der Waals surface area contributed by atoms with E-state index in [2.05, 4.69) is 62.7 Å². The van der Waals surface area contributed by atoms with Crippen molar-refractivity contribution in [1.29, 1.82) is 0 Å². The van der Waals surface area contributed by atoms with Crippen LogP contribution in [0.5, 0.6) is 0 Å². The highest BCUT2D eigenvalue weighted by molar-refractivity contribution is 6.63. The fourth-order valence-electron chi connectivity index (χ4n) is 11.7. The van der Waals surface area contributed by atoms with Crippen LogP contribution in [-0.2, 0) is 76.0 Å². The number of hydrogen-bond donors (Lipinski definition) is 15. The number of benzene rings is 3. The first-order valence-electron chi connectivity index (χ1n) is 29.6. The van der Waals surface area contributed by atoms with Gasteiger partial charge in [-0.05, 0) is 222 Å². The van der Waals surface area contributed by atoms with Crippen molar-refractivity contribution in [2.45, 2.75) is 176 Å². The van der Waals surface area contributed by atoms with Crippen LogP contribution in [-0.4, -0.2) is 218 Å². The topological polar surface area (TPSA) is 468 Å². The molecular weight excluding hydrogens is 1170 g/mol. The molecule has 0 unspecified atom stereocenters. The molecule has 6 rings (SSSR count). The first kappa shape index (κ1) is 83.2. The Hall–Kier alpha value is -4.85. The third-order valence-corrected chi connectivity index (χ3v) is 17.1. The minimum absolute atomic E-state index is 0.0225. The molecule has 0 bridgehead atoms. The fraction of sp³-hybridized carbons (Fsp3) is 0.600. The molecule has 0 amide bonds. The van der Waals surface area contributed by atoms with Gasteiger partial charge in [0.25, 0.3) is 0 Å². The minimum Gasteiger partial charge on any atom is -0.477 e. The van der Waals surface area contributed by atoms with Crippen LogP contribution >= 0.6 is 0 Å². The lowest BCUT2D eigenvalue weighted by Gasteiger charge is -2.40. The Bertz CT molecular complexity index is 2680. The van der Waals surface area contributed by atoms with Crippen LogP contribution in [0.2, 0.25) is 0 Å². The molecule has 3 fully saturated rings. The van der Waals surface area contributed by atoms with Crippen molar-refractivity contribution in [1.82, 2.24) is 0 Å². The van der Waals surface area contributed by atoms with Gasteiger partial charge >= 0.3 is 39.8 Å². The van der Waals surface area contributed by atoms with E-state index in [-0.39, 0.29) is 44.8 Å². The third kappa shape index (κ3) is 21.3. The van der Waals surface area contributed by atoms with Crippen molar-refractivity contribution >= 4 is 56.2 Å². The van der Waals surface area contributed by atoms with Crippen molar-refractivity contribution in [3.8, 4) is 0 Å². The second-order valence-electron chi connectivity index (χ2n) is 22.2. The highest BCUT2D eigenvalue weighted by Gasteiger charge is 2.49. The highest BCUT2D eigenvalue weighted by Crippen LogP contribution is 2.29. The van der Waals surface area contributed by atoms with Gasteiger partial charge in [-0.25, -0.2) is 0 Å². The van der Waals surface area contributed by atoms with Gasteiger partial charge in [-0.15, -0.1) is 0 Å². The average Bonchev–Trinajstić information content (AvgIpc) is 0.802. The standard InChI is InChI=1S/3C19H33BN2O5.3CO2/c1-10-12(3)17(13(4)11(2)14(10)6-7-21)20-26-16(8-22-5)18(25)19(27-20)15(24)9-23;1-10-12(3)17(13(4)11(2)14(10)6-7-21)20-26-16(9-23)18(25)19(27-20)15(24)8-22-5;1-10-12(3)17(13(4)11(2)14(10)6-7-21)20-26-9-16(24)19(27-20)18(25)15(23)8-22-5;3*2-1-3/h3*15-16,18-19,23-25H,5-9,21-22H2,1-4H3;;;/t15-,16+,18-,19-;2*15-,16+,18+,19+;;;/m100.../s1. The summed E-state index contributed by atoms with van der Waals surface area (Å²) in [5.74, 6) is 0. The normalized spacial score (nSPS) is 21.7. The molecule has 27 nitrogen and oxygen atoms in total. The number of nitrogens with two attached hydrogens (primary N) is 6. The molecule has 12 atom stereocenters. The Kier molecular flexibility index (Phi) is 38.5. The molecule has 3 heterocycles. The summed E-state index contributed by atoms with van der Waals surface area (Å²) in [6.45, 7) is 26.3. The Morgan fingerprint density at radius 1 is 0.478 bits per heavy atom. The van der Waals surface area contributed by atoms with Crippen LogP contribution in [0.25, 0.3) is 0 Å². The van der Waals surface area contributed by atoms with Crippen molar-refractivity contribution < 1.29 is 119 Å². The van der Waals surface area contributed by atoms with Crippen LogP contribution in [0.3, 0.4) is 0 Å². The summed E-state index contributed by atoms with van der Waals surface area (Å²) in [6, 6.07) is 0. The second kappa shape index (κ2) is 41.7. The number of aliphatic hydroxyl groups excluding tert-OH is 9. The smallest absolute Gasteiger partial charge is 0.477 e. The number of quaternary nitrogens is 3. The van der Waals surface area contributed by atoms with Crippen molar-refractivity contribution in [3.63, 3.8) is 0 Å². The Morgan fingerprint density at radius 3 is 1.12 bits per heavy atom. The average molecular weight is 1270 g/mol. The van der Waals surface area contributed by atoms with Crippen molar-refractivity contribution in [2.75, 3.05) is 59.1 Å². The maximum absolute atomic E-state index is 10.5. The predicted octanol–water partition coefficient (Wildman–Crippen LogP) is -7.84. The van der Waals surface area contributed by atoms with E-state index in [0.717, 1.165) is 102 Å². The molecule has 0 aliphatic carbocycles. The SMILES string of the molecule is O=C=O.O=C=O.O=C=O.[CH2-][NH2+]C[C@@H]1OB(c2c(C)c(C)c(CCN)c(C)c2C)O[C@H]([C@H](O)CO)[C@@H]1O.[CH2-][NH2+]C[C@H](O)[C@@H](O)[C@@H]1OB(c2c(C)c(C)c(CCN)c(C)c2C)OC[C@H]1O.[CH2-][NH2+]C[C@H](O)[C@H]1OB(c2c(C)c(C)c(CCN)c(C)c2C)O[C@H](CO)[C@H]1O. The molecule has 504 valence electrons. The zero-order valence-corrected chi connectivity index (χ0v) is 54.2. The molecular formula is C60H99B3N6O21. The minimum atomic E-state index is -1.23. The van der Waals surface area contributed by atoms with E-state index in [0.29, 0.717) is 26.2 Å². The van der Waals surface area contributed by atoms with Crippen LogP contribution in [0.1, 0.15) is 83.5 Å². The van der Waals surface area contributed by atoms with E-state index in [4.69, 9.17) is 73.9 Å². The van der Waals surface area contributed by atoms with E-state index in [9.17, 15) is 46.0 Å². The van der Waals surface area contributed by atoms with Gasteiger partial charge in [0.1, 0.15) is 54.9 Å². The van der Waals surface area contributed by atoms with Crippen LogP contribution < -0.4 is 49.5 Å². The maximum atomic E-state index is 10.5. The van der Waals surface area contributed by atoms with Gasteiger partial charge in [0.05, 0.1) is 57.8 Å². The van der Waals surface area contributed by atoms with Gasteiger partial charge in [0, 0.05) is 0 Å². The lowest BCUT2D eigenvalue weighted by Crippen LogP contribution is -2.82. The number of hydrogen-bond acceptors (Lipinski definition) is 24. The quantitative estimate of drug-likeness (QED) is 0.0348. The number of rotatable bonds is 21. The molecule has 0 spiro atoms. The zero-order chi connectivity index (χ0) is 69.0. The Balaban J connectivity index is 0.000000631. The first-order valence-corrected chi connectivity index (χ1v) is 29.6. The molecule has 3 aliphatic heterocycles. The Morgan fingerprint density at radius 2 is 0.800 bits per heavy atom. The van der Waals surface area contributed by atoms with E-state index in [1.807, 2.05) is 41.5 Å². The molecule has 3 aromatic carbocycles. The number of carbonyl (C=O) groups excluding carboxylic acids is 6. The lowest BCUT2D eigenvalue weighted by atomic mass is 9.68. The highest BCUT2D eigenvalue weighted by atomic mass is 16.6. The van der Waals surface area contributed by atoms with E-state index in [1.165, 1.54) is 22.0 Å². The summed E-state index contributed by atoms with van der Waals surface area (Å²) in [5, 5.41) is 95.9. The molecule has 3 saturated heterocycles. The van der Waals surface area contributed by atoms with Gasteiger partial charge in [0.15, 0.2) is 0 Å². The van der Waals surface area contributed by atoms with Crippen LogP contribution in [0.4, 0.5) is 0 Å². The van der Waals surface area contributed by atoms with Crippen molar-refractivity contribution in [3.05, 3.63) is 105 Å². The molecule has 30 heteroatoms. The summed E-state index contributed by atoms with van der Waals surface area (Å²) in [4.78, 5) is 48.8. The molecule has 0 aromatic heterocycles. The summed E-state index contributed by atoms with van der Waals surface area (Å²) >= 11 is 0. The van der Waals surface area contributed by atoms with Crippen LogP contribution in [0.15, 0.2) is 0 Å². The monoisotopic (exact) mass is 1270 g/mol. The fourth-order valence-corrected chi connectivity index (χ4v) is 11.7. The molecule has 0 radical (unpaired) electrons. The van der Waals surface area contributed by atoms with Gasteiger partial charge < -0.3 is 107 Å². The van der Waals surface area contributed by atoms with Gasteiger partial charge in [-0.2, -0.15) is 49.9 Å². The summed E-state index contributed by atoms with van der Waals surface area (Å²) < 4.78 is 35.6. The van der Waals surface area contributed by atoms with Crippen LogP contribution in [0, 0.1) is 104 Å². The first-order chi connectivity index (χ1) is 42.5. The zero-order valence-electron chi connectivity index (χ0n) is 54.2. The molecule has 3 aliphatic rings. The van der Waals surface area contributed by atoms with E-state index in [1.54, 1.807) is 10.6 Å². The Labute approximate surface area is 529 Å². The second-order valence-corrected chi connectivity index (χ2v) is 22.2. The largest absolute Gasteiger partial charge is 0.495 e. The van der Waals surface area contributed by atoms with E-state index >= 15 is 0 Å². The predicted molar refractivity (Wildman–Crippen MR) is 329 cm³/mol. The summed E-state index contributed by atoms with van der Waals surface area (Å²) in [6.07, 6.45) is -8.63. The van der Waals surface area contributed by atoms with Gasteiger partial charge in [-0.1, -0.05) is 0 Å². The molecule has 0 saturated carbocycles. The van der Waals surface area contributed by atoms with Crippen molar-refractivity contribution in [2.24, 2.45) is 17.2 Å². The molecule has 21 N–H and O–H groups in total. The third-order valence-electron chi connectivity index (χ3n) is 17.1. The van der Waals surface area contributed by atoms with E-state index < -0.39 is 101 Å². The van der Waals surface area contributed by atoms with Gasteiger partial charge in [0.2, 0.25) is 0 Å². The summed E-state index contributed by atoms with van der Waals surface area (Å²) in [7, 11) is 8.68. The number of aliphatic hydroxyl groups is 9. The lowest BCUT2D eigenvalue weighted by molar-refractivity contribution is -0.605. The molecule has 90 heavy (non-hydrogen) atoms.